The molecule has 1 atom stereocenters. The molecule has 3 aromatic carbocycles. The summed E-state index contributed by atoms with van der Waals surface area (Å²) >= 11 is 0. The molecule has 0 saturated heterocycles. The SMILES string of the molecule is CC(=O)NCCNC(=O)c1cccc(Nc2ccc(O)cc2C=N)c1.CC(Cc1ccccc1)NC(=O)C(C)(F)F. The summed E-state index contributed by atoms with van der Waals surface area (Å²) in [4.78, 5) is 33.9. The van der Waals surface area contributed by atoms with Gasteiger partial charge in [-0.05, 0) is 55.3 Å². The van der Waals surface area contributed by atoms with E-state index >= 15 is 0 Å². The van der Waals surface area contributed by atoms with Crippen LogP contribution in [0.3, 0.4) is 0 Å². The van der Waals surface area contributed by atoms with E-state index in [1.165, 1.54) is 19.1 Å². The minimum atomic E-state index is -3.31. The molecule has 0 radical (unpaired) electrons. The van der Waals surface area contributed by atoms with Gasteiger partial charge in [0.1, 0.15) is 5.75 Å². The summed E-state index contributed by atoms with van der Waals surface area (Å²) in [6.07, 6.45) is 1.68. The molecule has 0 spiro atoms. The Hall–Kier alpha value is -4.80. The summed E-state index contributed by atoms with van der Waals surface area (Å²) in [6.45, 7) is 4.43. The van der Waals surface area contributed by atoms with Crippen molar-refractivity contribution in [3.05, 3.63) is 89.5 Å². The molecule has 1 unspecified atom stereocenters. The molecule has 218 valence electrons. The van der Waals surface area contributed by atoms with Crippen LogP contribution in [0.5, 0.6) is 5.75 Å². The molecule has 3 rings (SSSR count). The number of amides is 3. The molecular formula is C30H35F2N5O4. The highest BCUT2D eigenvalue weighted by molar-refractivity contribution is 5.95. The van der Waals surface area contributed by atoms with E-state index in [1.54, 1.807) is 37.3 Å². The van der Waals surface area contributed by atoms with Gasteiger partial charge in [0.15, 0.2) is 0 Å². The van der Waals surface area contributed by atoms with Crippen molar-refractivity contribution in [3.8, 4) is 5.75 Å². The number of hydrogen-bond donors (Lipinski definition) is 6. The Kier molecular flexibility index (Phi) is 12.4. The number of nitrogens with one attached hydrogen (secondary N) is 5. The highest BCUT2D eigenvalue weighted by Crippen LogP contribution is 2.24. The lowest BCUT2D eigenvalue weighted by atomic mass is 10.1. The van der Waals surface area contributed by atoms with Crippen LogP contribution in [-0.4, -0.2) is 54.1 Å². The number of carbonyl (C=O) groups is 3. The summed E-state index contributed by atoms with van der Waals surface area (Å²) in [7, 11) is 0. The molecule has 3 aromatic rings. The molecule has 0 aromatic heterocycles. The second-order valence-corrected chi connectivity index (χ2v) is 9.31. The summed E-state index contributed by atoms with van der Waals surface area (Å²) in [5.41, 5.74) is 3.35. The molecule has 0 aliphatic carbocycles. The predicted octanol–water partition coefficient (Wildman–Crippen LogP) is 4.39. The molecule has 0 fully saturated rings. The number of phenols is 1. The fourth-order valence-electron chi connectivity index (χ4n) is 3.56. The third-order valence-electron chi connectivity index (χ3n) is 5.54. The largest absolute Gasteiger partial charge is 0.508 e. The Morgan fingerprint density at radius 2 is 1.66 bits per heavy atom. The van der Waals surface area contributed by atoms with E-state index < -0.39 is 11.8 Å². The van der Waals surface area contributed by atoms with Crippen molar-refractivity contribution in [2.45, 2.75) is 39.2 Å². The third-order valence-corrected chi connectivity index (χ3v) is 5.54. The second kappa shape index (κ2) is 15.7. The molecule has 0 bridgehead atoms. The quantitative estimate of drug-likeness (QED) is 0.116. The standard InChI is InChI=1S/C18H20N4O3.C12H15F2NO/c1-12(23)20-7-8-21-18(25)13-3-2-4-15(9-13)22-17-6-5-16(24)10-14(17)11-19;1-9(15-11(16)12(2,13)14)8-10-6-4-3-5-7-10/h2-6,9-11,19,22,24H,7-8H2,1H3,(H,20,23)(H,21,25);3-7,9H,8H2,1-2H3,(H,15,16). The molecule has 0 aliphatic rings. The first kappa shape index (κ1) is 32.4. The fraction of sp³-hybridized carbons (Fsp3) is 0.267. The lowest BCUT2D eigenvalue weighted by molar-refractivity contribution is -0.143. The van der Waals surface area contributed by atoms with Crippen LogP contribution < -0.4 is 21.3 Å². The molecule has 9 nitrogen and oxygen atoms in total. The van der Waals surface area contributed by atoms with Crippen molar-refractivity contribution in [2.24, 2.45) is 0 Å². The van der Waals surface area contributed by atoms with Gasteiger partial charge in [-0.2, -0.15) is 8.78 Å². The van der Waals surface area contributed by atoms with Gasteiger partial charge >= 0.3 is 5.92 Å². The molecule has 3 amide bonds. The van der Waals surface area contributed by atoms with Crippen LogP contribution in [-0.2, 0) is 16.0 Å². The average Bonchev–Trinajstić information content (AvgIpc) is 2.92. The number of aromatic hydroxyl groups is 1. The number of alkyl halides is 2. The molecule has 0 saturated carbocycles. The fourth-order valence-corrected chi connectivity index (χ4v) is 3.56. The van der Waals surface area contributed by atoms with Crippen LogP contribution in [0.4, 0.5) is 20.2 Å². The Morgan fingerprint density at radius 1 is 0.976 bits per heavy atom. The zero-order valence-corrected chi connectivity index (χ0v) is 23.1. The van der Waals surface area contributed by atoms with Crippen molar-refractivity contribution in [2.75, 3.05) is 18.4 Å². The Balaban J connectivity index is 0.000000317. The predicted molar refractivity (Wildman–Crippen MR) is 155 cm³/mol. The van der Waals surface area contributed by atoms with Crippen molar-refractivity contribution in [3.63, 3.8) is 0 Å². The van der Waals surface area contributed by atoms with Crippen LogP contribution in [0.15, 0.2) is 72.8 Å². The maximum atomic E-state index is 12.6. The number of benzene rings is 3. The highest BCUT2D eigenvalue weighted by atomic mass is 19.3. The highest BCUT2D eigenvalue weighted by Gasteiger charge is 2.32. The molecule has 41 heavy (non-hydrogen) atoms. The van der Waals surface area contributed by atoms with E-state index in [-0.39, 0.29) is 23.6 Å². The molecule has 11 heteroatoms. The molecule has 0 heterocycles. The van der Waals surface area contributed by atoms with Crippen molar-refractivity contribution < 1.29 is 28.3 Å². The van der Waals surface area contributed by atoms with E-state index in [1.807, 2.05) is 30.3 Å². The summed E-state index contributed by atoms with van der Waals surface area (Å²) in [6, 6.07) is 20.7. The van der Waals surface area contributed by atoms with Gasteiger partial charge in [0.05, 0.1) is 0 Å². The summed E-state index contributed by atoms with van der Waals surface area (Å²) < 4.78 is 25.2. The number of phenolic OH excluding ortho intramolecular Hbond substituents is 1. The maximum absolute atomic E-state index is 12.6. The molecular weight excluding hydrogens is 532 g/mol. The van der Waals surface area contributed by atoms with Gasteiger partial charge in [0.25, 0.3) is 11.8 Å². The first-order valence-electron chi connectivity index (χ1n) is 12.8. The van der Waals surface area contributed by atoms with Gasteiger partial charge in [-0.1, -0.05) is 36.4 Å². The number of halogens is 2. The number of hydrogen-bond acceptors (Lipinski definition) is 6. The van der Waals surface area contributed by atoms with Gasteiger partial charge in [0, 0.05) is 61.7 Å². The van der Waals surface area contributed by atoms with E-state index in [0.29, 0.717) is 48.9 Å². The zero-order chi connectivity index (χ0) is 30.4. The number of anilines is 2. The lowest BCUT2D eigenvalue weighted by Crippen LogP contribution is -2.43. The topological polar surface area (TPSA) is 143 Å². The van der Waals surface area contributed by atoms with Crippen molar-refractivity contribution >= 4 is 35.3 Å². The average molecular weight is 568 g/mol. The smallest absolute Gasteiger partial charge is 0.321 e. The van der Waals surface area contributed by atoms with Gasteiger partial charge in [-0.15, -0.1) is 0 Å². The first-order valence-corrected chi connectivity index (χ1v) is 12.8. The second-order valence-electron chi connectivity index (χ2n) is 9.31. The third kappa shape index (κ3) is 11.9. The van der Waals surface area contributed by atoms with E-state index in [2.05, 4.69) is 21.3 Å². The maximum Gasteiger partial charge on any atom is 0.321 e. The van der Waals surface area contributed by atoms with Gasteiger partial charge in [-0.25, -0.2) is 0 Å². The summed E-state index contributed by atoms with van der Waals surface area (Å²) in [5.74, 6) is -4.85. The van der Waals surface area contributed by atoms with Gasteiger partial charge in [0.2, 0.25) is 5.91 Å². The van der Waals surface area contributed by atoms with Crippen LogP contribution in [0, 0.1) is 5.41 Å². The molecule has 0 aliphatic heterocycles. The van der Waals surface area contributed by atoms with E-state index in [9.17, 15) is 28.3 Å². The van der Waals surface area contributed by atoms with E-state index in [4.69, 9.17) is 5.41 Å². The minimum absolute atomic E-state index is 0.0800. The van der Waals surface area contributed by atoms with E-state index in [0.717, 1.165) is 11.8 Å². The lowest BCUT2D eigenvalue weighted by Gasteiger charge is -2.17. The normalized spacial score (nSPS) is 11.2. The van der Waals surface area contributed by atoms with Gasteiger partial charge in [-0.3, -0.25) is 14.4 Å². The number of carbonyl (C=O) groups excluding carboxylic acids is 3. The number of rotatable bonds is 11. The van der Waals surface area contributed by atoms with Crippen molar-refractivity contribution in [1.82, 2.24) is 16.0 Å². The summed E-state index contributed by atoms with van der Waals surface area (Å²) in [5, 5.41) is 27.6. The van der Waals surface area contributed by atoms with Crippen LogP contribution in [0.1, 0.15) is 42.3 Å². The Labute approximate surface area is 237 Å². The van der Waals surface area contributed by atoms with Crippen LogP contribution in [0.2, 0.25) is 0 Å². The van der Waals surface area contributed by atoms with Crippen molar-refractivity contribution in [1.29, 1.82) is 5.41 Å². The van der Waals surface area contributed by atoms with Gasteiger partial charge < -0.3 is 31.8 Å². The first-order chi connectivity index (χ1) is 19.4. The Bertz CT molecular complexity index is 1330. The Morgan fingerprint density at radius 3 is 2.29 bits per heavy atom. The molecule has 6 N–H and O–H groups in total. The van der Waals surface area contributed by atoms with Crippen LogP contribution >= 0.6 is 0 Å². The minimum Gasteiger partial charge on any atom is -0.508 e. The zero-order valence-electron chi connectivity index (χ0n) is 23.1. The monoisotopic (exact) mass is 567 g/mol. The van der Waals surface area contributed by atoms with Crippen LogP contribution in [0.25, 0.3) is 0 Å².